The predicted molar refractivity (Wildman–Crippen MR) is 118 cm³/mol. The van der Waals surface area contributed by atoms with Gasteiger partial charge in [-0.3, -0.25) is 4.98 Å². The van der Waals surface area contributed by atoms with E-state index < -0.39 is 17.5 Å². The van der Waals surface area contributed by atoms with E-state index in [1.165, 1.54) is 18.2 Å². The van der Waals surface area contributed by atoms with Gasteiger partial charge in [0.15, 0.2) is 5.82 Å². The van der Waals surface area contributed by atoms with Crippen molar-refractivity contribution in [3.63, 3.8) is 0 Å². The molecule has 0 unspecified atom stereocenters. The Morgan fingerprint density at radius 1 is 0.688 bits per heavy atom. The second kappa shape index (κ2) is 8.11. The van der Waals surface area contributed by atoms with Crippen molar-refractivity contribution in [1.82, 2.24) is 15.0 Å². The zero-order chi connectivity index (χ0) is 22.1. The quantitative estimate of drug-likeness (QED) is 0.354. The molecule has 0 radical (unpaired) electrons. The molecule has 2 aromatic heterocycles. The molecule has 0 amide bonds. The summed E-state index contributed by atoms with van der Waals surface area (Å²) in [5.74, 6) is -1.19. The van der Waals surface area contributed by atoms with Gasteiger partial charge in [-0.05, 0) is 54.6 Å². The SMILES string of the molecule is Fc1ccc(-c2ccc(Nc3nc(-c4ccncc4)nc4ccccc34)cc2F)c(F)c1. The first kappa shape index (κ1) is 19.7. The van der Waals surface area contributed by atoms with E-state index in [1.807, 2.05) is 24.3 Å². The van der Waals surface area contributed by atoms with Gasteiger partial charge in [0.1, 0.15) is 23.3 Å². The van der Waals surface area contributed by atoms with E-state index in [0.29, 0.717) is 17.3 Å². The maximum absolute atomic E-state index is 14.8. The fraction of sp³-hybridized carbons (Fsp3) is 0. The van der Waals surface area contributed by atoms with Crippen LogP contribution in [0.1, 0.15) is 0 Å². The minimum absolute atomic E-state index is 0.0112. The minimum atomic E-state index is -0.826. The standard InChI is InChI=1S/C25H15F3N4/c26-16-5-7-18(21(27)13-16)19-8-6-17(14-22(19)28)30-25-20-3-1-2-4-23(20)31-24(32-25)15-9-11-29-12-10-15/h1-14H,(H,30,31,32). The van der Waals surface area contributed by atoms with E-state index in [1.54, 1.807) is 30.6 Å². The summed E-state index contributed by atoms with van der Waals surface area (Å²) in [7, 11) is 0. The molecule has 2 heterocycles. The summed E-state index contributed by atoms with van der Waals surface area (Å²) in [6.07, 6.45) is 3.31. The lowest BCUT2D eigenvalue weighted by Crippen LogP contribution is -2.00. The molecule has 0 atom stereocenters. The van der Waals surface area contributed by atoms with Gasteiger partial charge in [0.2, 0.25) is 0 Å². The Labute approximate surface area is 181 Å². The monoisotopic (exact) mass is 428 g/mol. The first-order valence-corrected chi connectivity index (χ1v) is 9.78. The average Bonchev–Trinajstić information content (AvgIpc) is 2.80. The minimum Gasteiger partial charge on any atom is -0.340 e. The van der Waals surface area contributed by atoms with Gasteiger partial charge in [-0.15, -0.1) is 0 Å². The van der Waals surface area contributed by atoms with Crippen molar-refractivity contribution in [2.75, 3.05) is 5.32 Å². The topological polar surface area (TPSA) is 50.7 Å². The van der Waals surface area contributed by atoms with Crippen LogP contribution in [-0.2, 0) is 0 Å². The Balaban J connectivity index is 1.55. The summed E-state index contributed by atoms with van der Waals surface area (Å²) in [6, 6.07) is 18.4. The summed E-state index contributed by atoms with van der Waals surface area (Å²) in [4.78, 5) is 13.3. The van der Waals surface area contributed by atoms with Crippen molar-refractivity contribution in [1.29, 1.82) is 0 Å². The van der Waals surface area contributed by atoms with Crippen molar-refractivity contribution in [2.45, 2.75) is 0 Å². The summed E-state index contributed by atoms with van der Waals surface area (Å²) in [5, 5.41) is 3.90. The predicted octanol–water partition coefficient (Wildman–Crippen LogP) is 6.52. The smallest absolute Gasteiger partial charge is 0.162 e. The highest BCUT2D eigenvalue weighted by molar-refractivity contribution is 5.92. The number of aromatic nitrogens is 3. The molecule has 0 fully saturated rings. The van der Waals surface area contributed by atoms with Crippen LogP contribution in [0.15, 0.2) is 85.2 Å². The van der Waals surface area contributed by atoms with Gasteiger partial charge in [-0.25, -0.2) is 23.1 Å². The molecule has 0 aliphatic carbocycles. The molecular formula is C25H15F3N4. The number of rotatable bonds is 4. The van der Waals surface area contributed by atoms with E-state index in [-0.39, 0.29) is 11.1 Å². The molecule has 156 valence electrons. The zero-order valence-corrected chi connectivity index (χ0v) is 16.6. The summed E-state index contributed by atoms with van der Waals surface area (Å²) < 4.78 is 42.1. The summed E-state index contributed by atoms with van der Waals surface area (Å²) in [6.45, 7) is 0. The molecule has 0 spiro atoms. The lowest BCUT2D eigenvalue weighted by molar-refractivity contribution is 0.582. The lowest BCUT2D eigenvalue weighted by atomic mass is 10.0. The molecule has 0 saturated carbocycles. The number of benzene rings is 3. The zero-order valence-electron chi connectivity index (χ0n) is 16.6. The summed E-state index contributed by atoms with van der Waals surface area (Å²) in [5.41, 5.74) is 1.98. The normalized spacial score (nSPS) is 11.0. The van der Waals surface area contributed by atoms with Crippen LogP contribution in [0, 0.1) is 17.5 Å². The van der Waals surface area contributed by atoms with Crippen LogP contribution >= 0.6 is 0 Å². The third kappa shape index (κ3) is 3.76. The third-order valence-electron chi connectivity index (χ3n) is 4.99. The molecule has 0 bridgehead atoms. The number of para-hydroxylation sites is 1. The number of hydrogen-bond donors (Lipinski definition) is 1. The number of halogens is 3. The molecule has 4 nitrogen and oxygen atoms in total. The Morgan fingerprint density at radius 3 is 2.16 bits per heavy atom. The van der Waals surface area contributed by atoms with Crippen LogP contribution in [0.25, 0.3) is 33.4 Å². The van der Waals surface area contributed by atoms with Crippen LogP contribution < -0.4 is 5.32 Å². The van der Waals surface area contributed by atoms with Gasteiger partial charge in [-0.2, -0.15) is 0 Å². The van der Waals surface area contributed by atoms with E-state index in [2.05, 4.69) is 20.3 Å². The molecule has 3 aromatic carbocycles. The number of pyridine rings is 1. The molecule has 5 aromatic rings. The van der Waals surface area contributed by atoms with Crippen molar-refractivity contribution in [3.05, 3.63) is 103 Å². The van der Waals surface area contributed by atoms with Crippen LogP contribution in [0.2, 0.25) is 0 Å². The van der Waals surface area contributed by atoms with E-state index >= 15 is 0 Å². The Hall–Kier alpha value is -4.26. The largest absolute Gasteiger partial charge is 0.340 e. The fourth-order valence-electron chi connectivity index (χ4n) is 3.46. The Bertz CT molecular complexity index is 1440. The highest BCUT2D eigenvalue weighted by Crippen LogP contribution is 2.31. The lowest BCUT2D eigenvalue weighted by Gasteiger charge is -2.12. The first-order chi connectivity index (χ1) is 15.6. The molecule has 5 rings (SSSR count). The van der Waals surface area contributed by atoms with Crippen LogP contribution in [0.4, 0.5) is 24.7 Å². The molecule has 0 saturated heterocycles. The van der Waals surface area contributed by atoms with Crippen LogP contribution in [-0.4, -0.2) is 15.0 Å². The summed E-state index contributed by atoms with van der Waals surface area (Å²) >= 11 is 0. The van der Waals surface area contributed by atoms with Gasteiger partial charge in [-0.1, -0.05) is 12.1 Å². The molecule has 1 N–H and O–H groups in total. The van der Waals surface area contributed by atoms with Crippen LogP contribution in [0.5, 0.6) is 0 Å². The maximum atomic E-state index is 14.8. The number of nitrogens with zero attached hydrogens (tertiary/aromatic N) is 3. The average molecular weight is 428 g/mol. The maximum Gasteiger partial charge on any atom is 0.162 e. The second-order valence-corrected chi connectivity index (χ2v) is 7.09. The third-order valence-corrected chi connectivity index (χ3v) is 4.99. The Morgan fingerprint density at radius 2 is 1.41 bits per heavy atom. The molecule has 0 aliphatic heterocycles. The van der Waals surface area contributed by atoms with Crippen LogP contribution in [0.3, 0.4) is 0 Å². The number of hydrogen-bond acceptors (Lipinski definition) is 4. The number of fused-ring (bicyclic) bond motifs is 1. The fourth-order valence-corrected chi connectivity index (χ4v) is 3.46. The van der Waals surface area contributed by atoms with E-state index in [9.17, 15) is 13.2 Å². The van der Waals surface area contributed by atoms with Crippen molar-refractivity contribution in [2.24, 2.45) is 0 Å². The van der Waals surface area contributed by atoms with Crippen molar-refractivity contribution in [3.8, 4) is 22.5 Å². The van der Waals surface area contributed by atoms with Crippen molar-refractivity contribution < 1.29 is 13.2 Å². The second-order valence-electron chi connectivity index (χ2n) is 7.09. The molecule has 32 heavy (non-hydrogen) atoms. The van der Waals surface area contributed by atoms with E-state index in [4.69, 9.17) is 0 Å². The van der Waals surface area contributed by atoms with Gasteiger partial charge in [0, 0.05) is 46.2 Å². The van der Waals surface area contributed by atoms with Gasteiger partial charge in [0.05, 0.1) is 5.52 Å². The number of nitrogens with one attached hydrogen (secondary N) is 1. The van der Waals surface area contributed by atoms with E-state index in [0.717, 1.165) is 28.6 Å². The molecular weight excluding hydrogens is 413 g/mol. The van der Waals surface area contributed by atoms with Gasteiger partial charge >= 0.3 is 0 Å². The van der Waals surface area contributed by atoms with Gasteiger partial charge in [0.25, 0.3) is 0 Å². The van der Waals surface area contributed by atoms with Gasteiger partial charge < -0.3 is 5.32 Å². The van der Waals surface area contributed by atoms with Crippen molar-refractivity contribution >= 4 is 22.4 Å². The highest BCUT2D eigenvalue weighted by atomic mass is 19.1. The number of anilines is 2. The highest BCUT2D eigenvalue weighted by Gasteiger charge is 2.14. The molecule has 7 heteroatoms. The Kier molecular flexibility index (Phi) is 4.99. The molecule has 0 aliphatic rings. The first-order valence-electron chi connectivity index (χ1n) is 9.78.